The van der Waals surface area contributed by atoms with Gasteiger partial charge in [-0.1, -0.05) is 6.07 Å². The van der Waals surface area contributed by atoms with Crippen LogP contribution in [0.2, 0.25) is 0 Å². The average molecular weight is 318 g/mol. The minimum Gasteiger partial charge on any atom is -0.494 e. The summed E-state index contributed by atoms with van der Waals surface area (Å²) in [5.74, 6) is 1.08. The summed E-state index contributed by atoms with van der Waals surface area (Å²) in [6, 6.07) is 12.5. The van der Waals surface area contributed by atoms with Crippen molar-refractivity contribution in [3.8, 4) is 11.5 Å². The highest BCUT2D eigenvalue weighted by Gasteiger charge is 2.02. The standard InChI is InChI=1S/C17H19FN2O3/c1-2-22-15-6-8-16(9-7-15)23-11-10-19-17(21)20-14-5-3-4-13(18)12-14/h3-9,12H,2,10-11H2,1H3,(H2,19,20,21). The summed E-state index contributed by atoms with van der Waals surface area (Å²) >= 11 is 0. The average Bonchev–Trinajstić information content (AvgIpc) is 2.53. The number of halogens is 1. The molecule has 0 aliphatic carbocycles. The minimum absolute atomic E-state index is 0.324. The lowest BCUT2D eigenvalue weighted by molar-refractivity contribution is 0.247. The van der Waals surface area contributed by atoms with E-state index < -0.39 is 11.8 Å². The van der Waals surface area contributed by atoms with Crippen molar-refractivity contribution in [2.45, 2.75) is 6.92 Å². The Morgan fingerprint density at radius 3 is 2.43 bits per heavy atom. The van der Waals surface area contributed by atoms with E-state index in [1.165, 1.54) is 18.2 Å². The summed E-state index contributed by atoms with van der Waals surface area (Å²) in [4.78, 5) is 11.6. The number of rotatable bonds is 7. The Hall–Kier alpha value is -2.76. The number of hydrogen-bond donors (Lipinski definition) is 2. The van der Waals surface area contributed by atoms with E-state index in [-0.39, 0.29) is 0 Å². The summed E-state index contributed by atoms with van der Waals surface area (Å²) in [6.45, 7) is 3.19. The van der Waals surface area contributed by atoms with Gasteiger partial charge in [-0.25, -0.2) is 9.18 Å². The Morgan fingerprint density at radius 1 is 1.09 bits per heavy atom. The maximum absolute atomic E-state index is 13.0. The predicted molar refractivity (Wildman–Crippen MR) is 86.5 cm³/mol. The molecule has 0 radical (unpaired) electrons. The highest BCUT2D eigenvalue weighted by molar-refractivity contribution is 5.89. The fraction of sp³-hybridized carbons (Fsp3) is 0.235. The van der Waals surface area contributed by atoms with Gasteiger partial charge < -0.3 is 20.1 Å². The quantitative estimate of drug-likeness (QED) is 0.769. The number of nitrogens with one attached hydrogen (secondary N) is 2. The summed E-state index contributed by atoms with van der Waals surface area (Å²) in [5, 5.41) is 5.17. The highest BCUT2D eigenvalue weighted by atomic mass is 19.1. The number of amides is 2. The molecule has 2 amide bonds. The molecule has 0 aliphatic heterocycles. The van der Waals surface area contributed by atoms with Crippen molar-refractivity contribution in [1.29, 1.82) is 0 Å². The zero-order valence-corrected chi connectivity index (χ0v) is 12.8. The molecule has 0 aliphatic rings. The molecule has 0 aromatic heterocycles. The molecule has 5 nitrogen and oxygen atoms in total. The van der Waals surface area contributed by atoms with E-state index in [9.17, 15) is 9.18 Å². The second-order valence-corrected chi connectivity index (χ2v) is 4.64. The molecule has 0 saturated carbocycles. The third-order valence-corrected chi connectivity index (χ3v) is 2.87. The van der Waals surface area contributed by atoms with Crippen LogP contribution in [0.3, 0.4) is 0 Å². The molecule has 2 aromatic carbocycles. The molecule has 2 aromatic rings. The number of ether oxygens (including phenoxy) is 2. The van der Waals surface area contributed by atoms with Gasteiger partial charge in [-0.3, -0.25) is 0 Å². The maximum Gasteiger partial charge on any atom is 0.319 e. The molecule has 2 rings (SSSR count). The van der Waals surface area contributed by atoms with Crippen molar-refractivity contribution in [3.05, 3.63) is 54.3 Å². The lowest BCUT2D eigenvalue weighted by Gasteiger charge is -2.10. The third-order valence-electron chi connectivity index (χ3n) is 2.87. The van der Waals surface area contributed by atoms with E-state index in [0.29, 0.717) is 31.2 Å². The molecule has 0 heterocycles. The van der Waals surface area contributed by atoms with Crippen molar-refractivity contribution in [3.63, 3.8) is 0 Å². The fourth-order valence-electron chi connectivity index (χ4n) is 1.87. The zero-order valence-electron chi connectivity index (χ0n) is 12.8. The summed E-state index contributed by atoms with van der Waals surface area (Å²) in [7, 11) is 0. The summed E-state index contributed by atoms with van der Waals surface area (Å²) in [5.41, 5.74) is 0.398. The number of urea groups is 1. The second-order valence-electron chi connectivity index (χ2n) is 4.64. The molecule has 0 bridgehead atoms. The van der Waals surface area contributed by atoms with Crippen LogP contribution in [0.25, 0.3) is 0 Å². The van der Waals surface area contributed by atoms with E-state index in [2.05, 4.69) is 10.6 Å². The van der Waals surface area contributed by atoms with Crippen LogP contribution in [0.15, 0.2) is 48.5 Å². The van der Waals surface area contributed by atoms with Gasteiger partial charge in [0.1, 0.15) is 23.9 Å². The Kier molecular flexibility index (Phi) is 6.23. The van der Waals surface area contributed by atoms with E-state index in [1.807, 2.05) is 19.1 Å². The number of anilines is 1. The van der Waals surface area contributed by atoms with Gasteiger partial charge in [-0.15, -0.1) is 0 Å². The van der Waals surface area contributed by atoms with Crippen LogP contribution >= 0.6 is 0 Å². The minimum atomic E-state index is -0.411. The van der Waals surface area contributed by atoms with Crippen LogP contribution in [0, 0.1) is 5.82 Å². The number of hydrogen-bond acceptors (Lipinski definition) is 3. The molecular formula is C17H19FN2O3. The van der Waals surface area contributed by atoms with Gasteiger partial charge >= 0.3 is 6.03 Å². The van der Waals surface area contributed by atoms with E-state index in [1.54, 1.807) is 18.2 Å². The van der Waals surface area contributed by atoms with Crippen LogP contribution in [-0.4, -0.2) is 25.8 Å². The lowest BCUT2D eigenvalue weighted by atomic mass is 10.3. The largest absolute Gasteiger partial charge is 0.494 e. The van der Waals surface area contributed by atoms with Crippen LogP contribution in [0.5, 0.6) is 11.5 Å². The maximum atomic E-state index is 13.0. The molecule has 6 heteroatoms. The van der Waals surface area contributed by atoms with Crippen LogP contribution in [0.1, 0.15) is 6.92 Å². The zero-order chi connectivity index (χ0) is 16.5. The molecule has 0 unspecified atom stereocenters. The van der Waals surface area contributed by atoms with Crippen molar-refractivity contribution in [1.82, 2.24) is 5.32 Å². The van der Waals surface area contributed by atoms with E-state index in [4.69, 9.17) is 9.47 Å². The van der Waals surface area contributed by atoms with Crippen molar-refractivity contribution in [2.24, 2.45) is 0 Å². The predicted octanol–water partition coefficient (Wildman–Crippen LogP) is 3.42. The van der Waals surface area contributed by atoms with Gasteiger partial charge in [0.25, 0.3) is 0 Å². The van der Waals surface area contributed by atoms with Gasteiger partial charge in [-0.2, -0.15) is 0 Å². The topological polar surface area (TPSA) is 59.6 Å². The number of carbonyl (C=O) groups excluding carboxylic acids is 1. The van der Waals surface area contributed by atoms with Gasteiger partial charge in [0, 0.05) is 5.69 Å². The highest BCUT2D eigenvalue weighted by Crippen LogP contribution is 2.17. The van der Waals surface area contributed by atoms with Crippen molar-refractivity contribution in [2.75, 3.05) is 25.1 Å². The lowest BCUT2D eigenvalue weighted by Crippen LogP contribution is -2.32. The van der Waals surface area contributed by atoms with Gasteiger partial charge in [0.2, 0.25) is 0 Å². The van der Waals surface area contributed by atoms with Crippen molar-refractivity contribution >= 4 is 11.7 Å². The Morgan fingerprint density at radius 2 is 1.78 bits per heavy atom. The summed E-state index contributed by atoms with van der Waals surface area (Å²) < 4.78 is 23.8. The molecule has 0 atom stereocenters. The first-order valence-electron chi connectivity index (χ1n) is 7.33. The Bertz CT molecular complexity index is 632. The van der Waals surface area contributed by atoms with Gasteiger partial charge in [0.15, 0.2) is 0 Å². The van der Waals surface area contributed by atoms with Crippen LogP contribution < -0.4 is 20.1 Å². The van der Waals surface area contributed by atoms with Gasteiger partial charge in [0.05, 0.1) is 13.2 Å². The second kappa shape index (κ2) is 8.63. The number of benzene rings is 2. The Balaban J connectivity index is 1.67. The monoisotopic (exact) mass is 318 g/mol. The fourth-order valence-corrected chi connectivity index (χ4v) is 1.87. The number of carbonyl (C=O) groups is 1. The first kappa shape index (κ1) is 16.6. The van der Waals surface area contributed by atoms with Crippen LogP contribution in [0.4, 0.5) is 14.9 Å². The SMILES string of the molecule is CCOc1ccc(OCCNC(=O)Nc2cccc(F)c2)cc1. The normalized spacial score (nSPS) is 10.0. The summed E-state index contributed by atoms with van der Waals surface area (Å²) in [6.07, 6.45) is 0. The molecule has 2 N–H and O–H groups in total. The molecule has 0 fully saturated rings. The first-order valence-corrected chi connectivity index (χ1v) is 7.33. The van der Waals surface area contributed by atoms with Crippen molar-refractivity contribution < 1.29 is 18.7 Å². The molecule has 122 valence electrons. The molecule has 0 saturated heterocycles. The van der Waals surface area contributed by atoms with Gasteiger partial charge in [-0.05, 0) is 49.4 Å². The molecule has 23 heavy (non-hydrogen) atoms. The smallest absolute Gasteiger partial charge is 0.319 e. The third kappa shape index (κ3) is 5.86. The van der Waals surface area contributed by atoms with Crippen LogP contribution in [-0.2, 0) is 0 Å². The van der Waals surface area contributed by atoms with E-state index in [0.717, 1.165) is 5.75 Å². The van der Waals surface area contributed by atoms with E-state index >= 15 is 0 Å². The molecule has 0 spiro atoms. The first-order chi connectivity index (χ1) is 11.2. The molecular weight excluding hydrogens is 299 g/mol. The Labute approximate surface area is 134 Å².